The van der Waals surface area contributed by atoms with E-state index in [9.17, 15) is 9.59 Å². The Labute approximate surface area is 92.8 Å². The van der Waals surface area contributed by atoms with Gasteiger partial charge in [0, 0.05) is 18.7 Å². The van der Waals surface area contributed by atoms with Crippen molar-refractivity contribution in [2.75, 3.05) is 5.32 Å². The van der Waals surface area contributed by atoms with Crippen molar-refractivity contribution in [1.29, 1.82) is 0 Å². The van der Waals surface area contributed by atoms with Crippen molar-refractivity contribution in [2.24, 2.45) is 0 Å². The van der Waals surface area contributed by atoms with Gasteiger partial charge in [-0.15, -0.1) is 0 Å². The number of hydrogen-bond donors (Lipinski definition) is 2. The van der Waals surface area contributed by atoms with Crippen LogP contribution < -0.4 is 5.32 Å². The molecule has 16 heavy (non-hydrogen) atoms. The lowest BCUT2D eigenvalue weighted by molar-refractivity contribution is -0.131. The third-order valence-electron chi connectivity index (χ3n) is 1.79. The first-order chi connectivity index (χ1) is 7.61. The number of anilines is 1. The smallest absolute Gasteiger partial charge is 0.328 e. The molecule has 0 atom stereocenters. The minimum absolute atomic E-state index is 0.133. The Balaban J connectivity index is 2.78. The van der Waals surface area contributed by atoms with Crippen LogP contribution in [0.3, 0.4) is 0 Å². The van der Waals surface area contributed by atoms with E-state index in [4.69, 9.17) is 5.11 Å². The standard InChI is InChI=1S/C11H12N2O3/c1-2-10(14)13-9-7-8(5-6-12-9)3-4-11(15)16/h3-7H,2H2,1H3,(H,15,16)(H,12,13,14)/b4-3+. The maximum absolute atomic E-state index is 11.1. The predicted molar refractivity (Wildman–Crippen MR) is 59.8 cm³/mol. The quantitative estimate of drug-likeness (QED) is 0.754. The minimum Gasteiger partial charge on any atom is -0.478 e. The first kappa shape index (κ1) is 11.9. The molecule has 0 saturated heterocycles. The summed E-state index contributed by atoms with van der Waals surface area (Å²) < 4.78 is 0. The molecule has 5 nitrogen and oxygen atoms in total. The molecule has 0 fully saturated rings. The van der Waals surface area contributed by atoms with Crippen molar-refractivity contribution in [3.8, 4) is 0 Å². The molecule has 1 aromatic heterocycles. The van der Waals surface area contributed by atoms with Crippen LogP contribution in [0.5, 0.6) is 0 Å². The number of rotatable bonds is 4. The Morgan fingerprint density at radius 1 is 1.56 bits per heavy atom. The number of carboxylic acid groups (broad SMARTS) is 1. The molecule has 0 bridgehead atoms. The van der Waals surface area contributed by atoms with Gasteiger partial charge in [-0.05, 0) is 23.8 Å². The van der Waals surface area contributed by atoms with Gasteiger partial charge in [0.05, 0.1) is 0 Å². The Morgan fingerprint density at radius 2 is 2.31 bits per heavy atom. The maximum atomic E-state index is 11.1. The number of carbonyl (C=O) groups is 2. The summed E-state index contributed by atoms with van der Waals surface area (Å²) in [5.41, 5.74) is 0.670. The number of aliphatic carboxylic acids is 1. The fourth-order valence-electron chi connectivity index (χ4n) is 1.02. The Hall–Kier alpha value is -2.17. The normalized spacial score (nSPS) is 10.3. The van der Waals surface area contributed by atoms with Crippen LogP contribution in [0, 0.1) is 0 Å². The SMILES string of the molecule is CCC(=O)Nc1cc(/C=C/C(=O)O)ccn1. The largest absolute Gasteiger partial charge is 0.478 e. The number of aromatic nitrogens is 1. The summed E-state index contributed by atoms with van der Waals surface area (Å²) in [6.07, 6.45) is 4.34. The summed E-state index contributed by atoms with van der Waals surface area (Å²) in [7, 11) is 0. The first-order valence-electron chi connectivity index (χ1n) is 4.78. The molecule has 84 valence electrons. The molecule has 0 aliphatic rings. The maximum Gasteiger partial charge on any atom is 0.328 e. The van der Waals surface area contributed by atoms with Crippen molar-refractivity contribution in [2.45, 2.75) is 13.3 Å². The van der Waals surface area contributed by atoms with Gasteiger partial charge in [-0.3, -0.25) is 4.79 Å². The highest BCUT2D eigenvalue weighted by molar-refractivity contribution is 5.90. The Morgan fingerprint density at radius 3 is 2.94 bits per heavy atom. The van der Waals surface area contributed by atoms with Crippen LogP contribution in [-0.4, -0.2) is 22.0 Å². The fraction of sp³-hybridized carbons (Fsp3) is 0.182. The summed E-state index contributed by atoms with van der Waals surface area (Å²) in [4.78, 5) is 25.3. The lowest BCUT2D eigenvalue weighted by Gasteiger charge is -2.02. The zero-order chi connectivity index (χ0) is 12.0. The minimum atomic E-state index is -1.02. The molecule has 0 aliphatic heterocycles. The van der Waals surface area contributed by atoms with Gasteiger partial charge >= 0.3 is 5.97 Å². The Kier molecular flexibility index (Phi) is 4.20. The molecule has 1 heterocycles. The number of nitrogens with one attached hydrogen (secondary N) is 1. The van der Waals surface area contributed by atoms with Gasteiger partial charge in [0.1, 0.15) is 5.82 Å². The average molecular weight is 220 g/mol. The van der Waals surface area contributed by atoms with E-state index in [2.05, 4.69) is 10.3 Å². The highest BCUT2D eigenvalue weighted by atomic mass is 16.4. The van der Waals surface area contributed by atoms with Crippen molar-refractivity contribution < 1.29 is 14.7 Å². The van der Waals surface area contributed by atoms with Gasteiger partial charge in [-0.1, -0.05) is 6.92 Å². The molecule has 0 unspecified atom stereocenters. The van der Waals surface area contributed by atoms with Crippen LogP contribution in [0.4, 0.5) is 5.82 Å². The summed E-state index contributed by atoms with van der Waals surface area (Å²) in [6, 6.07) is 3.26. The van der Waals surface area contributed by atoms with Gasteiger partial charge in [-0.2, -0.15) is 0 Å². The first-order valence-corrected chi connectivity index (χ1v) is 4.78. The van der Waals surface area contributed by atoms with Crippen molar-refractivity contribution in [3.63, 3.8) is 0 Å². The monoisotopic (exact) mass is 220 g/mol. The topological polar surface area (TPSA) is 79.3 Å². The van der Waals surface area contributed by atoms with E-state index < -0.39 is 5.97 Å². The van der Waals surface area contributed by atoms with E-state index in [-0.39, 0.29) is 5.91 Å². The van der Waals surface area contributed by atoms with E-state index in [0.29, 0.717) is 17.8 Å². The molecule has 1 amide bonds. The molecule has 0 aliphatic carbocycles. The zero-order valence-electron chi connectivity index (χ0n) is 8.80. The second-order valence-electron chi connectivity index (χ2n) is 3.05. The van der Waals surface area contributed by atoms with Crippen LogP contribution in [0.1, 0.15) is 18.9 Å². The van der Waals surface area contributed by atoms with E-state index in [1.54, 1.807) is 19.1 Å². The number of nitrogens with zero attached hydrogens (tertiary/aromatic N) is 1. The summed E-state index contributed by atoms with van der Waals surface area (Å²) in [5.74, 6) is -0.734. The second kappa shape index (κ2) is 5.65. The molecular weight excluding hydrogens is 208 g/mol. The second-order valence-corrected chi connectivity index (χ2v) is 3.05. The van der Waals surface area contributed by atoms with Gasteiger partial charge in [0.15, 0.2) is 0 Å². The van der Waals surface area contributed by atoms with Crippen LogP contribution in [0.2, 0.25) is 0 Å². The summed E-state index contributed by atoms with van der Waals surface area (Å²) in [5, 5.41) is 11.0. The number of pyridine rings is 1. The molecule has 1 aromatic rings. The van der Waals surface area contributed by atoms with Crippen molar-refractivity contribution in [1.82, 2.24) is 4.98 Å². The lowest BCUT2D eigenvalue weighted by atomic mass is 10.2. The summed E-state index contributed by atoms with van der Waals surface area (Å²) in [6.45, 7) is 1.74. The number of amides is 1. The van der Waals surface area contributed by atoms with Gasteiger partial charge in [0.2, 0.25) is 5.91 Å². The average Bonchev–Trinajstić information content (AvgIpc) is 2.26. The third kappa shape index (κ3) is 3.91. The van der Waals surface area contributed by atoms with Crippen LogP contribution in [-0.2, 0) is 9.59 Å². The van der Waals surface area contributed by atoms with Crippen LogP contribution in [0.25, 0.3) is 6.08 Å². The fourth-order valence-corrected chi connectivity index (χ4v) is 1.02. The molecule has 0 radical (unpaired) electrons. The molecule has 0 saturated carbocycles. The van der Waals surface area contributed by atoms with Crippen LogP contribution >= 0.6 is 0 Å². The van der Waals surface area contributed by atoms with E-state index in [0.717, 1.165) is 6.08 Å². The van der Waals surface area contributed by atoms with Gasteiger partial charge < -0.3 is 10.4 Å². The molecule has 0 spiro atoms. The van der Waals surface area contributed by atoms with Crippen LogP contribution in [0.15, 0.2) is 24.4 Å². The van der Waals surface area contributed by atoms with E-state index >= 15 is 0 Å². The highest BCUT2D eigenvalue weighted by Crippen LogP contribution is 2.08. The predicted octanol–water partition coefficient (Wildman–Crippen LogP) is 1.53. The van der Waals surface area contributed by atoms with Gasteiger partial charge in [-0.25, -0.2) is 9.78 Å². The highest BCUT2D eigenvalue weighted by Gasteiger charge is 2.00. The lowest BCUT2D eigenvalue weighted by Crippen LogP contribution is -2.10. The van der Waals surface area contributed by atoms with Gasteiger partial charge in [0.25, 0.3) is 0 Å². The van der Waals surface area contributed by atoms with Crippen molar-refractivity contribution in [3.05, 3.63) is 30.0 Å². The molecule has 1 rings (SSSR count). The van der Waals surface area contributed by atoms with E-state index in [1.807, 2.05) is 0 Å². The molecule has 5 heteroatoms. The summed E-state index contributed by atoms with van der Waals surface area (Å²) >= 11 is 0. The molecule has 0 aromatic carbocycles. The Bertz CT molecular complexity index is 427. The molecule has 2 N–H and O–H groups in total. The van der Waals surface area contributed by atoms with E-state index in [1.165, 1.54) is 12.3 Å². The number of carbonyl (C=O) groups excluding carboxylic acids is 1. The number of hydrogen-bond acceptors (Lipinski definition) is 3. The third-order valence-corrected chi connectivity index (χ3v) is 1.79. The number of carboxylic acids is 1. The molecular formula is C11H12N2O3. The zero-order valence-corrected chi connectivity index (χ0v) is 8.80. The van der Waals surface area contributed by atoms with Crippen molar-refractivity contribution >= 4 is 23.8 Å².